The van der Waals surface area contributed by atoms with Crippen LogP contribution in [0.15, 0.2) is 16.6 Å². The molecule has 0 spiro atoms. The first-order valence-electron chi connectivity index (χ1n) is 7.26. The van der Waals surface area contributed by atoms with Crippen LogP contribution >= 0.6 is 15.9 Å². The average Bonchev–Trinajstić information content (AvgIpc) is 2.85. The number of methoxy groups -OCH3 is 2. The minimum absolute atomic E-state index is 0.757. The van der Waals surface area contributed by atoms with Crippen LogP contribution in [0.2, 0.25) is 0 Å². The summed E-state index contributed by atoms with van der Waals surface area (Å²) in [5.41, 5.74) is 1.20. The lowest BCUT2D eigenvalue weighted by Gasteiger charge is -2.17. The van der Waals surface area contributed by atoms with Gasteiger partial charge in [-0.2, -0.15) is 0 Å². The summed E-state index contributed by atoms with van der Waals surface area (Å²) in [7, 11) is 3.33. The van der Waals surface area contributed by atoms with Crippen molar-refractivity contribution < 1.29 is 9.47 Å². The zero-order valence-electron chi connectivity index (χ0n) is 12.5. The molecule has 2 unspecified atom stereocenters. The molecule has 0 radical (unpaired) electrons. The van der Waals surface area contributed by atoms with Gasteiger partial charge in [0.05, 0.1) is 14.2 Å². The molecule has 1 aromatic rings. The van der Waals surface area contributed by atoms with Crippen molar-refractivity contribution >= 4 is 15.9 Å². The first kappa shape index (κ1) is 15.6. The van der Waals surface area contributed by atoms with Gasteiger partial charge in [0.2, 0.25) is 0 Å². The second-order valence-corrected chi connectivity index (χ2v) is 6.45. The Morgan fingerprint density at radius 3 is 2.50 bits per heavy atom. The monoisotopic (exact) mass is 341 g/mol. The van der Waals surface area contributed by atoms with Crippen molar-refractivity contribution in [1.82, 2.24) is 5.32 Å². The highest BCUT2D eigenvalue weighted by Crippen LogP contribution is 2.34. The van der Waals surface area contributed by atoms with Crippen molar-refractivity contribution in [3.05, 3.63) is 22.2 Å². The highest BCUT2D eigenvalue weighted by Gasteiger charge is 2.22. The Bertz CT molecular complexity index is 450. The van der Waals surface area contributed by atoms with Gasteiger partial charge in [-0.1, -0.05) is 35.7 Å². The quantitative estimate of drug-likeness (QED) is 0.848. The summed E-state index contributed by atoms with van der Waals surface area (Å²) in [5, 5.41) is 3.58. The number of hydrogen-bond acceptors (Lipinski definition) is 3. The molecule has 0 saturated heterocycles. The van der Waals surface area contributed by atoms with E-state index in [2.05, 4.69) is 28.2 Å². The zero-order chi connectivity index (χ0) is 14.5. The molecule has 1 N–H and O–H groups in total. The average molecular weight is 342 g/mol. The van der Waals surface area contributed by atoms with Crippen molar-refractivity contribution in [2.75, 3.05) is 20.8 Å². The van der Waals surface area contributed by atoms with Crippen molar-refractivity contribution in [1.29, 1.82) is 0 Å². The third-order valence-corrected chi connectivity index (χ3v) is 5.05. The van der Waals surface area contributed by atoms with E-state index in [1.165, 1.54) is 24.8 Å². The molecule has 112 valence electrons. The van der Waals surface area contributed by atoms with Gasteiger partial charge in [0, 0.05) is 11.0 Å². The van der Waals surface area contributed by atoms with Crippen molar-refractivity contribution in [2.45, 2.75) is 32.7 Å². The van der Waals surface area contributed by atoms with Crippen LogP contribution in [0.1, 0.15) is 31.7 Å². The van der Waals surface area contributed by atoms with E-state index in [9.17, 15) is 0 Å². The number of ether oxygens (including phenoxy) is 2. The maximum absolute atomic E-state index is 5.36. The summed E-state index contributed by atoms with van der Waals surface area (Å²) in [6.07, 6.45) is 4.13. The molecule has 3 nitrogen and oxygen atoms in total. The topological polar surface area (TPSA) is 30.5 Å². The first-order chi connectivity index (χ1) is 9.65. The van der Waals surface area contributed by atoms with Crippen LogP contribution < -0.4 is 14.8 Å². The molecule has 0 aromatic heterocycles. The van der Waals surface area contributed by atoms with Gasteiger partial charge in [-0.15, -0.1) is 0 Å². The fourth-order valence-electron chi connectivity index (χ4n) is 2.95. The molecule has 1 fully saturated rings. The van der Waals surface area contributed by atoms with Crippen LogP contribution in [0.3, 0.4) is 0 Å². The van der Waals surface area contributed by atoms with Crippen LogP contribution in [0.25, 0.3) is 0 Å². The second kappa shape index (κ2) is 7.32. The van der Waals surface area contributed by atoms with E-state index in [1.807, 2.05) is 12.1 Å². The first-order valence-corrected chi connectivity index (χ1v) is 8.06. The van der Waals surface area contributed by atoms with Crippen LogP contribution in [0.4, 0.5) is 0 Å². The van der Waals surface area contributed by atoms with Crippen molar-refractivity contribution in [2.24, 2.45) is 11.8 Å². The van der Waals surface area contributed by atoms with Crippen LogP contribution in [0.5, 0.6) is 11.5 Å². The maximum Gasteiger partial charge on any atom is 0.161 e. The number of nitrogens with one attached hydrogen (secondary N) is 1. The standard InChI is InChI=1S/C16H24BrNO2/c1-11-5-4-6-12(11)9-18-10-13-7-15(19-2)16(20-3)8-14(13)17/h7-8,11-12,18H,4-6,9-10H2,1-3H3. The molecule has 0 heterocycles. The zero-order valence-corrected chi connectivity index (χ0v) is 14.1. The normalized spacial score (nSPS) is 22.0. The summed E-state index contributed by atoms with van der Waals surface area (Å²) in [6, 6.07) is 4.00. The molecule has 1 aliphatic carbocycles. The van der Waals surface area contributed by atoms with E-state index in [0.29, 0.717) is 0 Å². The van der Waals surface area contributed by atoms with Gasteiger partial charge in [-0.25, -0.2) is 0 Å². The molecule has 1 aromatic carbocycles. The van der Waals surface area contributed by atoms with Crippen molar-refractivity contribution in [3.63, 3.8) is 0 Å². The Morgan fingerprint density at radius 1 is 1.20 bits per heavy atom. The Kier molecular flexibility index (Phi) is 5.73. The number of rotatable bonds is 6. The van der Waals surface area contributed by atoms with Gasteiger partial charge in [-0.3, -0.25) is 0 Å². The SMILES string of the molecule is COc1cc(Br)c(CNCC2CCCC2C)cc1OC. The minimum atomic E-state index is 0.757. The Morgan fingerprint density at radius 2 is 1.90 bits per heavy atom. The highest BCUT2D eigenvalue weighted by atomic mass is 79.9. The molecular formula is C16H24BrNO2. The fraction of sp³-hybridized carbons (Fsp3) is 0.625. The Labute approximate surface area is 130 Å². The predicted molar refractivity (Wildman–Crippen MR) is 85.5 cm³/mol. The summed E-state index contributed by atoms with van der Waals surface area (Å²) in [6.45, 7) is 4.32. The van der Waals surface area contributed by atoms with Gasteiger partial charge in [0.25, 0.3) is 0 Å². The van der Waals surface area contributed by atoms with E-state index in [1.54, 1.807) is 14.2 Å². The second-order valence-electron chi connectivity index (χ2n) is 5.60. The third-order valence-electron chi connectivity index (χ3n) is 4.31. The van der Waals surface area contributed by atoms with Gasteiger partial charge >= 0.3 is 0 Å². The number of halogens is 1. The van der Waals surface area contributed by atoms with Crippen LogP contribution in [-0.4, -0.2) is 20.8 Å². The third kappa shape index (κ3) is 3.67. The molecule has 2 rings (SSSR count). The van der Waals surface area contributed by atoms with Crippen LogP contribution in [0, 0.1) is 11.8 Å². The van der Waals surface area contributed by atoms with Gasteiger partial charge < -0.3 is 14.8 Å². The van der Waals surface area contributed by atoms with E-state index in [0.717, 1.165) is 40.9 Å². The molecule has 2 atom stereocenters. The van der Waals surface area contributed by atoms with Crippen molar-refractivity contribution in [3.8, 4) is 11.5 Å². The molecule has 0 amide bonds. The van der Waals surface area contributed by atoms with E-state index in [4.69, 9.17) is 9.47 Å². The summed E-state index contributed by atoms with van der Waals surface area (Å²) < 4.78 is 11.7. The number of benzene rings is 1. The van der Waals surface area contributed by atoms with E-state index >= 15 is 0 Å². The Hall–Kier alpha value is -0.740. The molecule has 4 heteroatoms. The van der Waals surface area contributed by atoms with Gasteiger partial charge in [0.15, 0.2) is 11.5 Å². The Balaban J connectivity index is 1.95. The lowest BCUT2D eigenvalue weighted by Crippen LogP contribution is -2.24. The lowest BCUT2D eigenvalue weighted by molar-refractivity contribution is 0.353. The molecule has 20 heavy (non-hydrogen) atoms. The van der Waals surface area contributed by atoms with E-state index < -0.39 is 0 Å². The predicted octanol–water partition coefficient (Wildman–Crippen LogP) is 3.99. The molecule has 0 aliphatic heterocycles. The van der Waals surface area contributed by atoms with Gasteiger partial charge in [0.1, 0.15) is 0 Å². The maximum atomic E-state index is 5.36. The van der Waals surface area contributed by atoms with Gasteiger partial charge in [-0.05, 0) is 42.5 Å². The molecule has 1 aliphatic rings. The lowest BCUT2D eigenvalue weighted by atomic mass is 9.98. The summed E-state index contributed by atoms with van der Waals surface area (Å²) >= 11 is 3.60. The number of hydrogen-bond donors (Lipinski definition) is 1. The fourth-order valence-corrected chi connectivity index (χ4v) is 3.41. The molecule has 1 saturated carbocycles. The molecule has 0 bridgehead atoms. The highest BCUT2D eigenvalue weighted by molar-refractivity contribution is 9.10. The summed E-state index contributed by atoms with van der Waals surface area (Å²) in [4.78, 5) is 0. The molecular weight excluding hydrogens is 318 g/mol. The van der Waals surface area contributed by atoms with Crippen LogP contribution in [-0.2, 0) is 6.54 Å². The largest absolute Gasteiger partial charge is 0.493 e. The summed E-state index contributed by atoms with van der Waals surface area (Å²) in [5.74, 6) is 3.22. The van der Waals surface area contributed by atoms with E-state index in [-0.39, 0.29) is 0 Å². The smallest absolute Gasteiger partial charge is 0.161 e. The minimum Gasteiger partial charge on any atom is -0.493 e.